The van der Waals surface area contributed by atoms with E-state index in [1.165, 1.54) is 5.56 Å². The highest BCUT2D eigenvalue weighted by molar-refractivity contribution is 14.0. The van der Waals surface area contributed by atoms with Gasteiger partial charge in [0.1, 0.15) is 17.9 Å². The first-order valence-corrected chi connectivity index (χ1v) is 10.9. The van der Waals surface area contributed by atoms with Crippen LogP contribution in [0.4, 0.5) is 0 Å². The normalized spacial score (nSPS) is 11.1. The Balaban J connectivity index is 0.00000385. The van der Waals surface area contributed by atoms with Crippen LogP contribution in [0, 0.1) is 6.92 Å². The van der Waals surface area contributed by atoms with Gasteiger partial charge in [-0.1, -0.05) is 18.2 Å². The number of guanidine groups is 1. The molecule has 0 saturated carbocycles. The van der Waals surface area contributed by atoms with Crippen LogP contribution in [0.3, 0.4) is 0 Å². The van der Waals surface area contributed by atoms with Crippen LogP contribution in [-0.2, 0) is 17.8 Å². The van der Waals surface area contributed by atoms with Crippen LogP contribution in [0.1, 0.15) is 30.0 Å². The van der Waals surface area contributed by atoms with Gasteiger partial charge in [0.2, 0.25) is 0 Å². The molecule has 0 aliphatic rings. The van der Waals surface area contributed by atoms with Gasteiger partial charge in [-0.3, -0.25) is 4.57 Å². The molecular formula is C24H33IN6O2. The highest BCUT2D eigenvalue weighted by Crippen LogP contribution is 2.20. The zero-order valence-corrected chi connectivity index (χ0v) is 21.8. The first kappa shape index (κ1) is 26.6. The molecule has 3 aromatic rings. The van der Waals surface area contributed by atoms with E-state index in [2.05, 4.69) is 52.6 Å². The molecule has 8 nitrogen and oxygen atoms in total. The number of imidazole rings is 1. The molecule has 33 heavy (non-hydrogen) atoms. The second-order valence-corrected chi connectivity index (χ2v) is 7.35. The Morgan fingerprint density at radius 2 is 2.03 bits per heavy atom. The zero-order chi connectivity index (χ0) is 22.6. The minimum absolute atomic E-state index is 0. The molecule has 0 aliphatic heterocycles. The van der Waals surface area contributed by atoms with Crippen LogP contribution in [0.15, 0.2) is 60.2 Å². The van der Waals surface area contributed by atoms with E-state index in [0.29, 0.717) is 26.3 Å². The van der Waals surface area contributed by atoms with Gasteiger partial charge in [-0.05, 0) is 37.1 Å². The molecule has 0 bridgehead atoms. The fourth-order valence-corrected chi connectivity index (χ4v) is 3.08. The van der Waals surface area contributed by atoms with Gasteiger partial charge in [0, 0.05) is 57.4 Å². The molecule has 2 heterocycles. The molecular weight excluding hydrogens is 531 g/mol. The number of benzene rings is 1. The predicted octanol–water partition coefficient (Wildman–Crippen LogP) is 3.86. The second kappa shape index (κ2) is 14.5. The number of nitrogens with zero attached hydrogens (tertiary/aromatic N) is 4. The number of aromatic nitrogens is 3. The monoisotopic (exact) mass is 564 g/mol. The van der Waals surface area contributed by atoms with Gasteiger partial charge >= 0.3 is 0 Å². The van der Waals surface area contributed by atoms with E-state index in [0.717, 1.165) is 41.6 Å². The van der Waals surface area contributed by atoms with Crippen molar-refractivity contribution in [2.24, 2.45) is 4.99 Å². The lowest BCUT2D eigenvalue weighted by atomic mass is 10.1. The standard InChI is InChI=1S/C24H32N6O2.HI/c1-4-26-24(28-16-20-7-9-23(27-15-20)30-11-10-25-18-30)29-17-21-8-6-19(2)14-22(21)32-13-5-12-31-3;/h6-11,14-15,18H,4-5,12-13,16-17H2,1-3H3,(H2,26,28,29);1H. The summed E-state index contributed by atoms with van der Waals surface area (Å²) in [6.45, 7) is 7.35. The minimum Gasteiger partial charge on any atom is -0.493 e. The summed E-state index contributed by atoms with van der Waals surface area (Å²) in [5.74, 6) is 2.47. The lowest BCUT2D eigenvalue weighted by Gasteiger charge is -2.15. The van der Waals surface area contributed by atoms with Gasteiger partial charge in [-0.25, -0.2) is 15.0 Å². The number of rotatable bonds is 11. The summed E-state index contributed by atoms with van der Waals surface area (Å²) < 4.78 is 13.0. The Bertz CT molecular complexity index is 977. The molecule has 3 rings (SSSR count). The smallest absolute Gasteiger partial charge is 0.191 e. The van der Waals surface area contributed by atoms with Crippen molar-refractivity contribution in [2.45, 2.75) is 33.4 Å². The third kappa shape index (κ3) is 8.65. The molecule has 2 N–H and O–H groups in total. The largest absolute Gasteiger partial charge is 0.493 e. The first-order valence-electron chi connectivity index (χ1n) is 10.9. The van der Waals surface area contributed by atoms with Gasteiger partial charge in [0.15, 0.2) is 5.96 Å². The zero-order valence-electron chi connectivity index (χ0n) is 19.5. The van der Waals surface area contributed by atoms with Crippen LogP contribution in [0.25, 0.3) is 5.82 Å². The number of methoxy groups -OCH3 is 1. The highest BCUT2D eigenvalue weighted by atomic mass is 127. The number of pyridine rings is 1. The van der Waals surface area contributed by atoms with E-state index in [4.69, 9.17) is 14.5 Å². The topological polar surface area (TPSA) is 85.6 Å². The van der Waals surface area contributed by atoms with E-state index in [9.17, 15) is 0 Å². The minimum atomic E-state index is 0. The molecule has 2 aromatic heterocycles. The van der Waals surface area contributed by atoms with Gasteiger partial charge in [0.05, 0.1) is 13.2 Å². The fourth-order valence-electron chi connectivity index (χ4n) is 3.08. The van der Waals surface area contributed by atoms with E-state index < -0.39 is 0 Å². The van der Waals surface area contributed by atoms with Crippen molar-refractivity contribution in [1.29, 1.82) is 0 Å². The van der Waals surface area contributed by atoms with Crippen LogP contribution < -0.4 is 15.4 Å². The number of nitrogens with one attached hydrogen (secondary N) is 2. The van der Waals surface area contributed by atoms with Crippen LogP contribution in [-0.4, -0.2) is 47.4 Å². The number of hydrogen-bond acceptors (Lipinski definition) is 5. The lowest BCUT2D eigenvalue weighted by molar-refractivity contribution is 0.171. The number of hydrogen-bond donors (Lipinski definition) is 2. The van der Waals surface area contributed by atoms with Crippen LogP contribution >= 0.6 is 24.0 Å². The summed E-state index contributed by atoms with van der Waals surface area (Å²) in [5.41, 5.74) is 3.29. The molecule has 0 amide bonds. The molecule has 0 saturated heterocycles. The summed E-state index contributed by atoms with van der Waals surface area (Å²) in [6.07, 6.45) is 8.03. The van der Waals surface area contributed by atoms with E-state index in [-0.39, 0.29) is 24.0 Å². The SMILES string of the molecule is CCNC(=NCc1ccc(-n2ccnc2)nc1)NCc1ccc(C)cc1OCCCOC.I. The summed E-state index contributed by atoms with van der Waals surface area (Å²) in [7, 11) is 1.70. The second-order valence-electron chi connectivity index (χ2n) is 7.35. The Kier molecular flexibility index (Phi) is 11.7. The number of halogens is 1. The van der Waals surface area contributed by atoms with E-state index in [1.807, 2.05) is 29.1 Å². The molecule has 0 unspecified atom stereocenters. The molecule has 0 radical (unpaired) electrons. The third-order valence-electron chi connectivity index (χ3n) is 4.76. The summed E-state index contributed by atoms with van der Waals surface area (Å²) in [4.78, 5) is 13.2. The van der Waals surface area contributed by atoms with Crippen molar-refractivity contribution in [3.8, 4) is 11.6 Å². The van der Waals surface area contributed by atoms with Crippen molar-refractivity contribution < 1.29 is 9.47 Å². The van der Waals surface area contributed by atoms with Crippen LogP contribution in [0.5, 0.6) is 5.75 Å². The highest BCUT2D eigenvalue weighted by Gasteiger charge is 2.06. The van der Waals surface area contributed by atoms with E-state index in [1.54, 1.807) is 19.6 Å². The van der Waals surface area contributed by atoms with Crippen LogP contribution in [0.2, 0.25) is 0 Å². The fraction of sp³-hybridized carbons (Fsp3) is 0.375. The van der Waals surface area contributed by atoms with Gasteiger partial charge < -0.3 is 20.1 Å². The predicted molar refractivity (Wildman–Crippen MR) is 142 cm³/mol. The number of ether oxygens (including phenoxy) is 2. The van der Waals surface area contributed by atoms with Gasteiger partial charge in [0.25, 0.3) is 0 Å². The van der Waals surface area contributed by atoms with Gasteiger partial charge in [-0.2, -0.15) is 0 Å². The Labute approximate surface area is 212 Å². The Hall–Kier alpha value is -2.66. The molecule has 0 fully saturated rings. The molecule has 0 spiro atoms. The molecule has 9 heteroatoms. The summed E-state index contributed by atoms with van der Waals surface area (Å²) >= 11 is 0. The molecule has 0 aliphatic carbocycles. The number of aryl methyl sites for hydroxylation is 1. The molecule has 1 aromatic carbocycles. The maximum absolute atomic E-state index is 5.99. The Morgan fingerprint density at radius 1 is 1.15 bits per heavy atom. The van der Waals surface area contributed by atoms with Crippen molar-refractivity contribution in [3.63, 3.8) is 0 Å². The summed E-state index contributed by atoms with van der Waals surface area (Å²) in [6, 6.07) is 10.3. The maximum atomic E-state index is 5.99. The van der Waals surface area contributed by atoms with Crippen molar-refractivity contribution >= 4 is 29.9 Å². The van der Waals surface area contributed by atoms with Crippen molar-refractivity contribution in [2.75, 3.05) is 26.9 Å². The molecule has 178 valence electrons. The van der Waals surface area contributed by atoms with E-state index >= 15 is 0 Å². The first-order chi connectivity index (χ1) is 15.7. The quantitative estimate of drug-likeness (QED) is 0.159. The number of aliphatic imine (C=N–C) groups is 1. The third-order valence-corrected chi connectivity index (χ3v) is 4.76. The Morgan fingerprint density at radius 3 is 2.73 bits per heavy atom. The lowest BCUT2D eigenvalue weighted by Crippen LogP contribution is -2.36. The maximum Gasteiger partial charge on any atom is 0.191 e. The molecule has 0 atom stereocenters. The average Bonchev–Trinajstić information content (AvgIpc) is 3.35. The van der Waals surface area contributed by atoms with Crippen molar-refractivity contribution in [3.05, 3.63) is 71.9 Å². The van der Waals surface area contributed by atoms with Gasteiger partial charge in [-0.15, -0.1) is 24.0 Å². The van der Waals surface area contributed by atoms with Crippen molar-refractivity contribution in [1.82, 2.24) is 25.2 Å². The average molecular weight is 564 g/mol. The summed E-state index contributed by atoms with van der Waals surface area (Å²) in [5, 5.41) is 6.70.